The second-order valence-electron chi connectivity index (χ2n) is 42.3. The first-order valence-electron chi connectivity index (χ1n) is 46.4. The third kappa shape index (κ3) is 24.1. The summed E-state index contributed by atoms with van der Waals surface area (Å²) in [7, 11) is 0. The van der Waals surface area contributed by atoms with E-state index in [1.54, 1.807) is 124 Å². The molecule has 7 fully saturated rings. The molecule has 0 spiro atoms. The number of ether oxygens (including phenoxy) is 7. The molecule has 48 heteroatoms. The Bertz CT molecular complexity index is 6370. The van der Waals surface area contributed by atoms with Gasteiger partial charge in [0.25, 0.3) is 0 Å². The molecule has 0 saturated carbocycles. The Morgan fingerprint density at radius 1 is 0.362 bits per heavy atom. The van der Waals surface area contributed by atoms with Crippen LogP contribution in [0.25, 0.3) is 67.0 Å². The monoisotopic (exact) mass is 2090 g/mol. The van der Waals surface area contributed by atoms with Crippen molar-refractivity contribution in [3.63, 3.8) is 0 Å². The maximum atomic E-state index is 14.6. The summed E-state index contributed by atoms with van der Waals surface area (Å²) in [6, 6.07) is 10.1. The van der Waals surface area contributed by atoms with E-state index >= 15 is 0 Å². The van der Waals surface area contributed by atoms with E-state index in [0.29, 0.717) is 133 Å². The van der Waals surface area contributed by atoms with Crippen molar-refractivity contribution in [1.82, 2.24) is 87.2 Å². The Kier molecular flexibility index (Phi) is 32.7. The Morgan fingerprint density at radius 3 is 1.06 bits per heavy atom. The molecule has 0 amide bonds. The minimum absolute atomic E-state index is 0.304. The maximum absolute atomic E-state index is 14.6. The van der Waals surface area contributed by atoms with Gasteiger partial charge >= 0.3 is 0 Å². The van der Waals surface area contributed by atoms with Crippen molar-refractivity contribution < 1.29 is 83.5 Å². The van der Waals surface area contributed by atoms with Gasteiger partial charge in [-0.1, -0.05) is 0 Å². The van der Waals surface area contributed by atoms with E-state index in [1.165, 1.54) is 17.2 Å². The molecular formula is C93H140ClFN24O16P6. The van der Waals surface area contributed by atoms with E-state index in [1.807, 2.05) is 11.5 Å². The average molecular weight is 2090 g/mol. The maximum Gasteiger partial charge on any atom is 0.173 e. The fraction of sp³-hybridized carbons (Fsp3) is 0.548. The Balaban J connectivity index is 0.000000135. The van der Waals surface area contributed by atoms with Gasteiger partial charge in [0.05, 0.1) is 109 Å². The lowest BCUT2D eigenvalue weighted by Gasteiger charge is -2.32. The highest BCUT2D eigenvalue weighted by Crippen LogP contribution is 2.53. The smallest absolute Gasteiger partial charge is 0.173 e. The number of aliphatic hydroxyl groups is 9. The highest BCUT2D eigenvalue weighted by molar-refractivity contribution is 7.73. The van der Waals surface area contributed by atoms with Gasteiger partial charge in [-0.3, -0.25) is 27.4 Å². The van der Waals surface area contributed by atoms with Crippen LogP contribution in [-0.2, 0) is 33.2 Å². The molecule has 7 aliphatic heterocycles. The summed E-state index contributed by atoms with van der Waals surface area (Å²) in [5.41, 5.74) is 42.3. The number of hydrogen-bond acceptors (Lipinski definition) is 34. The van der Waals surface area contributed by atoms with Gasteiger partial charge in [-0.05, 0) is 206 Å². The van der Waals surface area contributed by atoms with Crippen molar-refractivity contribution in [2.75, 3.05) is 158 Å². The topological polar surface area (TPSA) is 587 Å². The normalized spacial score (nSPS) is 30.1. The van der Waals surface area contributed by atoms with Gasteiger partial charge in [-0.2, -0.15) is 0 Å². The largest absolute Gasteiger partial charge is 0.397 e. The van der Waals surface area contributed by atoms with Crippen LogP contribution in [0.2, 0.25) is 0 Å². The zero-order valence-corrected chi connectivity index (χ0v) is 88.4. The standard InChI is InChI=1S/C16H23N4O3P.2C16H25N4O3P.C15H22ClN4O2P.C15H22FN4O2P.C15H23N4O3P/c1-24(2,3)7-5-16-8-22-12(13(16)21)15(23-16)20-9-19-11-10(17)4-6-18-14(11)20;1-16(6-8-24(2,3)4)13(22)12(21)15(23-16)20-9-19-11-10(17)5-7-18-14(11)20;1-16(22)13(21)11(6-8-24(2,3)4)23-15(16)20-9-19-12-10(17)5-7-18-14(12)20;2*1-23(2,3)7-5-10-13(21)11(16)15(22-10)20-8-19-12-9(17)4-6-18-14(12)20;1-23(2,3)7-5-10-12(20)13(21)15(22-10)19-8-18-11-9(16)4-6-17-14(11)19/h4,6,9,12-13,15,21H,1,5,7-8H2,2-3H3,(H2,17,18);5,7,9,12-13,15,21-22H,2,6,8H2,1,3-4H3,(H2,17,18);5,7,9,11,13,15,21-22H,2,6,8H2,1,3-4H3,(H2,17,18);2*4,6,8,10-11,13,15,21H,1,5,7H2,2-3H3,(H2,17,18);4,6,8,10,12-13,15,20-21H,1,5,7H2,2-3H3,(H2,16,17)/t12-,13+,15-,16+;12-,13+,15-,16-;11-,13-,15-,16+;2*10-,11-,13-,15-;10-,12-,13-,15-/m111111/s1. The molecule has 0 radical (unpaired) electrons. The Morgan fingerprint density at radius 2 is 0.674 bits per heavy atom. The molecule has 0 aromatic carbocycles. The van der Waals surface area contributed by atoms with E-state index in [9.17, 15) is 50.3 Å². The van der Waals surface area contributed by atoms with Crippen LogP contribution in [0.1, 0.15) is 89.7 Å². The molecule has 12 aromatic heterocycles. The molecule has 24 atom stereocenters. The van der Waals surface area contributed by atoms with E-state index in [-0.39, 0.29) is 6.10 Å². The highest BCUT2D eigenvalue weighted by Gasteiger charge is 2.62. The number of halogens is 2. The number of nitrogens with zero attached hydrogens (tertiary/aromatic N) is 18. The number of rotatable bonds is 24. The molecule has 7 aliphatic rings. The average Bonchev–Trinajstić information content (AvgIpc) is 1.56. The minimum atomic E-state index is -1.54. The molecule has 2 bridgehead atoms. The van der Waals surface area contributed by atoms with Crippen LogP contribution in [0.3, 0.4) is 0 Å². The molecule has 40 nitrogen and oxygen atoms in total. The quantitative estimate of drug-likeness (QED) is 0.0202. The number of aromatic nitrogens is 18. The lowest BCUT2D eigenvalue weighted by Crippen LogP contribution is -2.43. The predicted molar refractivity (Wildman–Crippen MR) is 574 cm³/mol. The zero-order chi connectivity index (χ0) is 103. The second kappa shape index (κ2) is 42.4. The van der Waals surface area contributed by atoms with Gasteiger partial charge in [0.15, 0.2) is 77.4 Å². The summed E-state index contributed by atoms with van der Waals surface area (Å²) >= 11 is 6.42. The van der Waals surface area contributed by atoms with Gasteiger partial charge < -0.3 is 114 Å². The molecule has 0 aliphatic carbocycles. The fourth-order valence-electron chi connectivity index (χ4n) is 18.0. The van der Waals surface area contributed by atoms with Gasteiger partial charge in [0, 0.05) is 37.2 Å². The number of hydrogen-bond donors (Lipinski definition) is 15. The summed E-state index contributed by atoms with van der Waals surface area (Å²) < 4.78 is 66.5. The molecule has 0 unspecified atom stereocenters. The molecule has 141 heavy (non-hydrogen) atoms. The van der Waals surface area contributed by atoms with E-state index in [2.05, 4.69) is 178 Å². The fourth-order valence-corrected chi connectivity index (χ4v) is 24.2. The summed E-state index contributed by atoms with van der Waals surface area (Å²) in [6.07, 6.45) is 38.0. The van der Waals surface area contributed by atoms with Crippen molar-refractivity contribution in [1.29, 1.82) is 0 Å². The second-order valence-corrected chi connectivity index (χ2v) is 68.7. The molecular weight excluding hydrogens is 1950 g/mol. The number of nitrogen functional groups attached to an aromatic ring is 6. The van der Waals surface area contributed by atoms with Crippen molar-refractivity contribution in [3.05, 3.63) is 112 Å². The summed E-state index contributed by atoms with van der Waals surface area (Å²) in [5.74, 6) is 0. The van der Waals surface area contributed by atoms with Crippen LogP contribution in [0.5, 0.6) is 0 Å². The minimum Gasteiger partial charge on any atom is -0.397 e. The van der Waals surface area contributed by atoms with E-state index < -0.39 is 180 Å². The molecule has 772 valence electrons. The first kappa shape index (κ1) is 109. The first-order valence-corrected chi connectivity index (χ1v) is 65.1. The van der Waals surface area contributed by atoms with Crippen LogP contribution in [0.15, 0.2) is 112 Å². The van der Waals surface area contributed by atoms with Crippen molar-refractivity contribution in [3.8, 4) is 0 Å². The number of alkyl halides is 2. The summed E-state index contributed by atoms with van der Waals surface area (Å²) in [5, 5.41) is 93.9. The molecule has 12 aromatic rings. The van der Waals surface area contributed by atoms with Crippen LogP contribution < -0.4 is 34.4 Å². The lowest BCUT2D eigenvalue weighted by atomic mass is 9.95. The predicted octanol–water partition coefficient (Wildman–Crippen LogP) is 7.80. The number of aliphatic hydroxyl groups excluding tert-OH is 8. The van der Waals surface area contributed by atoms with Crippen LogP contribution in [0, 0.1) is 0 Å². The number of anilines is 6. The summed E-state index contributed by atoms with van der Waals surface area (Å²) in [6.45, 7) is 22.2. The molecule has 7 saturated heterocycles. The third-order valence-corrected chi connectivity index (χ3v) is 35.5. The van der Waals surface area contributed by atoms with Crippen molar-refractivity contribution in [2.45, 2.75) is 197 Å². The van der Waals surface area contributed by atoms with Crippen LogP contribution in [-0.4, -0.2) is 402 Å². The van der Waals surface area contributed by atoms with E-state index in [4.69, 9.17) is 79.2 Å². The van der Waals surface area contributed by atoms with Gasteiger partial charge in [-0.25, -0.2) is 64.2 Å². The molecule has 19 rings (SSSR count). The number of fused-ring (bicyclic) bond motifs is 8. The van der Waals surface area contributed by atoms with Crippen LogP contribution in [0.4, 0.5) is 38.5 Å². The summed E-state index contributed by atoms with van der Waals surface area (Å²) in [4.78, 5) is 51.2. The lowest BCUT2D eigenvalue weighted by molar-refractivity contribution is -0.172. The molecule has 21 N–H and O–H groups in total. The SMILES string of the molecule is C=P(C)(C)CC[C@@]1(C)O[C@@H](n2cnc3c(N)ccnc32)[C@H](O)[C@@H]1O.C=P(C)(C)CC[C@@]12CO[C@@H]([C@H](n3cnc4c(N)ccnc43)O1)[C@@H]2O.C=P(C)(C)CC[C@H]1O[C@@H](n2cnc3c(N)ccnc32)[C@@](C)(O)[C@@H]1O.C=P(C)(C)CC[C@H]1O[C@@H](n2cnc3c(N)ccnc32)[C@H](Cl)[C@@H]1O.C=P(C)(C)CC[C@H]1O[C@@H](n2cnc3c(N)ccnc32)[C@H](F)[C@@H]1O.C=P(C)(C)CC[C@H]1O[C@@H](n2cnc3c(N)ccnc32)[C@H](O)[C@@H]1O. The number of imidazole rings is 6. The Labute approximate surface area is 824 Å². The van der Waals surface area contributed by atoms with Gasteiger partial charge in [0.1, 0.15) is 105 Å². The van der Waals surface area contributed by atoms with Crippen molar-refractivity contribution in [2.24, 2.45) is 0 Å². The van der Waals surface area contributed by atoms with Gasteiger partial charge in [-0.15, -0.1) is 90.7 Å². The Hall–Kier alpha value is -8.10. The first-order chi connectivity index (χ1) is 65.9. The molecule has 19 heterocycles. The van der Waals surface area contributed by atoms with Gasteiger partial charge in [0.2, 0.25) is 0 Å². The number of nitrogens with two attached hydrogens (primary N) is 6. The van der Waals surface area contributed by atoms with Crippen LogP contribution >= 0.6 is 52.9 Å². The zero-order valence-electron chi connectivity index (χ0n) is 82.3. The third-order valence-electron chi connectivity index (χ3n) is 26.3. The van der Waals surface area contributed by atoms with Crippen molar-refractivity contribution >= 4 is 192 Å². The highest BCUT2D eigenvalue weighted by atomic mass is 35.5. The van der Waals surface area contributed by atoms with E-state index in [0.717, 1.165) is 49.8 Å². The number of pyridine rings is 6.